The van der Waals surface area contributed by atoms with Crippen LogP contribution in [0.1, 0.15) is 11.8 Å². The van der Waals surface area contributed by atoms with Crippen LogP contribution in [0.5, 0.6) is 0 Å². The van der Waals surface area contributed by atoms with Crippen molar-refractivity contribution in [3.63, 3.8) is 0 Å². The van der Waals surface area contributed by atoms with Crippen molar-refractivity contribution < 1.29 is 19.3 Å². The Balaban J connectivity index is 2.33. The number of ether oxygens (including phenoxy) is 3. The number of aromatic nitrogens is 2. The van der Waals surface area contributed by atoms with Crippen LogP contribution >= 0.6 is 0 Å². The quantitative estimate of drug-likeness (QED) is 0.738. The van der Waals surface area contributed by atoms with Crippen LogP contribution < -0.4 is 5.73 Å². The van der Waals surface area contributed by atoms with Crippen molar-refractivity contribution in [2.45, 2.75) is 24.5 Å². The van der Waals surface area contributed by atoms with Gasteiger partial charge in [0.05, 0.1) is 12.8 Å². The van der Waals surface area contributed by atoms with Crippen LogP contribution in [0.3, 0.4) is 0 Å². The summed E-state index contributed by atoms with van der Waals surface area (Å²) >= 11 is 0. The maximum Gasteiger partial charge on any atom is 0.181 e. The van der Waals surface area contributed by atoms with Gasteiger partial charge in [-0.25, -0.2) is 4.68 Å². The Kier molecular flexibility index (Phi) is 4.01. The zero-order valence-electron chi connectivity index (χ0n) is 10.7. The monoisotopic (exact) mass is 268 g/mol. The first-order valence-electron chi connectivity index (χ1n) is 5.72. The summed E-state index contributed by atoms with van der Waals surface area (Å²) in [6, 6.07) is 1.94. The number of anilines is 1. The van der Waals surface area contributed by atoms with Crippen molar-refractivity contribution in [3.05, 3.63) is 11.8 Å². The van der Waals surface area contributed by atoms with E-state index in [4.69, 9.17) is 25.2 Å². The topological polar surface area (TPSA) is 116 Å². The van der Waals surface area contributed by atoms with Gasteiger partial charge in [-0.1, -0.05) is 0 Å². The van der Waals surface area contributed by atoms with E-state index in [-0.39, 0.29) is 18.0 Å². The lowest BCUT2D eigenvalue weighted by Gasteiger charge is -2.21. The van der Waals surface area contributed by atoms with Crippen LogP contribution in [0, 0.1) is 11.3 Å². The van der Waals surface area contributed by atoms with Crippen molar-refractivity contribution >= 4 is 5.82 Å². The number of aliphatic hydroxyl groups is 1. The Morgan fingerprint density at radius 3 is 2.68 bits per heavy atom. The molecule has 2 heterocycles. The van der Waals surface area contributed by atoms with Gasteiger partial charge in [0.25, 0.3) is 0 Å². The molecule has 4 atom stereocenters. The SMILES string of the molecule is COC1C(CO)OC(n2ncc(C#N)c2N)C1OC. The van der Waals surface area contributed by atoms with Gasteiger partial charge in [-0.15, -0.1) is 0 Å². The van der Waals surface area contributed by atoms with E-state index in [0.717, 1.165) is 0 Å². The summed E-state index contributed by atoms with van der Waals surface area (Å²) in [6.45, 7) is -0.207. The fraction of sp³-hybridized carbons (Fsp3) is 0.636. The zero-order chi connectivity index (χ0) is 14.0. The standard InChI is InChI=1S/C11H16N4O4/c1-17-8-7(5-16)19-11(9(8)18-2)15-10(13)6(3-12)4-14-15/h4,7-9,11,16H,5,13H2,1-2H3. The molecule has 2 rings (SSSR count). The molecule has 8 nitrogen and oxygen atoms in total. The summed E-state index contributed by atoms with van der Waals surface area (Å²) in [5.41, 5.74) is 6.09. The summed E-state index contributed by atoms with van der Waals surface area (Å²) in [6.07, 6.45) is -0.729. The van der Waals surface area contributed by atoms with E-state index < -0.39 is 24.5 Å². The van der Waals surface area contributed by atoms with E-state index >= 15 is 0 Å². The van der Waals surface area contributed by atoms with E-state index in [9.17, 15) is 5.11 Å². The Bertz CT molecular complexity index is 484. The van der Waals surface area contributed by atoms with Gasteiger partial charge in [-0.3, -0.25) is 0 Å². The van der Waals surface area contributed by atoms with Crippen molar-refractivity contribution in [3.8, 4) is 6.07 Å². The highest BCUT2D eigenvalue weighted by atomic mass is 16.6. The molecule has 19 heavy (non-hydrogen) atoms. The molecule has 104 valence electrons. The van der Waals surface area contributed by atoms with Gasteiger partial charge in [0.2, 0.25) is 0 Å². The molecule has 0 aliphatic carbocycles. The Morgan fingerprint density at radius 1 is 1.53 bits per heavy atom. The molecule has 1 saturated heterocycles. The molecule has 0 spiro atoms. The van der Waals surface area contributed by atoms with E-state index in [1.165, 1.54) is 25.1 Å². The first-order chi connectivity index (χ1) is 9.17. The van der Waals surface area contributed by atoms with E-state index in [1.54, 1.807) is 0 Å². The van der Waals surface area contributed by atoms with E-state index in [1.807, 2.05) is 6.07 Å². The molecular weight excluding hydrogens is 252 g/mol. The molecule has 1 aliphatic rings. The molecule has 3 N–H and O–H groups in total. The summed E-state index contributed by atoms with van der Waals surface area (Å²) in [7, 11) is 3.02. The van der Waals surface area contributed by atoms with Crippen LogP contribution in [-0.4, -0.2) is 54.0 Å². The fourth-order valence-corrected chi connectivity index (χ4v) is 2.25. The second-order valence-corrected chi connectivity index (χ2v) is 4.15. The van der Waals surface area contributed by atoms with E-state index in [0.29, 0.717) is 0 Å². The van der Waals surface area contributed by atoms with E-state index in [2.05, 4.69) is 5.10 Å². The predicted molar refractivity (Wildman–Crippen MR) is 63.9 cm³/mol. The number of nitrogen functional groups attached to an aromatic ring is 1. The summed E-state index contributed by atoms with van der Waals surface area (Å²) in [5.74, 6) is 0.197. The van der Waals surface area contributed by atoms with Gasteiger partial charge in [-0.05, 0) is 0 Å². The summed E-state index contributed by atoms with van der Waals surface area (Å²) in [5, 5.41) is 22.2. The number of hydrogen-bond acceptors (Lipinski definition) is 7. The minimum Gasteiger partial charge on any atom is -0.394 e. The van der Waals surface area contributed by atoms with Gasteiger partial charge in [0.1, 0.15) is 35.8 Å². The van der Waals surface area contributed by atoms with Crippen LogP contribution in [0.15, 0.2) is 6.20 Å². The third-order valence-electron chi connectivity index (χ3n) is 3.21. The second-order valence-electron chi connectivity index (χ2n) is 4.15. The van der Waals surface area contributed by atoms with Crippen molar-refractivity contribution in [2.75, 3.05) is 26.6 Å². The average molecular weight is 268 g/mol. The highest BCUT2D eigenvalue weighted by molar-refractivity contribution is 5.47. The molecular formula is C11H16N4O4. The maximum atomic E-state index is 9.29. The molecule has 1 fully saturated rings. The Hall–Kier alpha value is -1.66. The van der Waals surface area contributed by atoms with Crippen LogP contribution in [0.2, 0.25) is 0 Å². The molecule has 0 radical (unpaired) electrons. The Labute approximate surface area is 110 Å². The second kappa shape index (κ2) is 5.54. The van der Waals surface area contributed by atoms with Gasteiger partial charge in [-0.2, -0.15) is 10.4 Å². The molecule has 1 aromatic rings. The van der Waals surface area contributed by atoms with Crippen molar-refractivity contribution in [1.82, 2.24) is 9.78 Å². The van der Waals surface area contributed by atoms with Crippen LogP contribution in [-0.2, 0) is 14.2 Å². The average Bonchev–Trinajstić information content (AvgIpc) is 2.97. The third kappa shape index (κ3) is 2.17. The lowest BCUT2D eigenvalue weighted by atomic mass is 10.1. The molecule has 4 unspecified atom stereocenters. The highest BCUT2D eigenvalue weighted by Gasteiger charge is 2.47. The summed E-state index contributed by atoms with van der Waals surface area (Å²) < 4.78 is 17.7. The van der Waals surface area contributed by atoms with Gasteiger partial charge in [0.15, 0.2) is 6.23 Å². The number of rotatable bonds is 4. The van der Waals surface area contributed by atoms with Crippen LogP contribution in [0.4, 0.5) is 5.82 Å². The summed E-state index contributed by atoms with van der Waals surface area (Å²) in [4.78, 5) is 0. The third-order valence-corrected chi connectivity index (χ3v) is 3.21. The lowest BCUT2D eigenvalue weighted by Crippen LogP contribution is -2.36. The predicted octanol–water partition coefficient (Wildman–Crippen LogP) is -0.743. The minimum atomic E-state index is -0.644. The zero-order valence-corrected chi connectivity index (χ0v) is 10.7. The van der Waals surface area contributed by atoms with Gasteiger partial charge >= 0.3 is 0 Å². The largest absolute Gasteiger partial charge is 0.394 e. The van der Waals surface area contributed by atoms with Gasteiger partial charge in [0, 0.05) is 14.2 Å². The fourth-order valence-electron chi connectivity index (χ4n) is 2.25. The molecule has 1 aliphatic heterocycles. The number of aliphatic hydroxyl groups excluding tert-OH is 1. The highest BCUT2D eigenvalue weighted by Crippen LogP contribution is 2.34. The van der Waals surface area contributed by atoms with Crippen molar-refractivity contribution in [2.24, 2.45) is 0 Å². The molecule has 8 heteroatoms. The smallest absolute Gasteiger partial charge is 0.181 e. The first kappa shape index (κ1) is 13.8. The normalized spacial score (nSPS) is 30.4. The number of hydrogen-bond donors (Lipinski definition) is 2. The number of methoxy groups -OCH3 is 2. The molecule has 0 bridgehead atoms. The Morgan fingerprint density at radius 2 is 2.21 bits per heavy atom. The maximum absolute atomic E-state index is 9.29. The first-order valence-corrected chi connectivity index (χ1v) is 5.72. The molecule has 1 aromatic heterocycles. The molecule has 0 aromatic carbocycles. The number of nitrogens with two attached hydrogens (primary N) is 1. The number of nitrogens with zero attached hydrogens (tertiary/aromatic N) is 3. The molecule has 0 saturated carbocycles. The lowest BCUT2D eigenvalue weighted by molar-refractivity contribution is -0.0651. The van der Waals surface area contributed by atoms with Gasteiger partial charge < -0.3 is 25.1 Å². The number of nitriles is 1. The molecule has 0 amide bonds. The minimum absolute atomic E-state index is 0.197. The van der Waals surface area contributed by atoms with Crippen molar-refractivity contribution in [1.29, 1.82) is 5.26 Å². The van der Waals surface area contributed by atoms with Crippen LogP contribution in [0.25, 0.3) is 0 Å².